The number of ether oxygens (including phenoxy) is 2. The number of rotatable bonds is 7. The van der Waals surface area contributed by atoms with Crippen LogP contribution < -0.4 is 9.47 Å². The number of benzene rings is 2. The molecule has 1 aromatic heterocycles. The van der Waals surface area contributed by atoms with Crippen LogP contribution in [0.1, 0.15) is 31.7 Å². The zero-order chi connectivity index (χ0) is 16.9. The molecule has 3 aromatic rings. The predicted octanol–water partition coefficient (Wildman–Crippen LogP) is 6.32. The first-order chi connectivity index (χ1) is 11.7. The molecule has 0 aliphatic heterocycles. The highest BCUT2D eigenvalue weighted by atomic mass is 32.1. The number of thiophene rings is 1. The number of unbranched alkanes of at least 4 members (excludes halogenated alkanes) is 2. The molecule has 0 amide bonds. The molecule has 0 fully saturated rings. The third-order valence-electron chi connectivity index (χ3n) is 4.33. The van der Waals surface area contributed by atoms with Crippen LogP contribution in [0.5, 0.6) is 11.5 Å². The summed E-state index contributed by atoms with van der Waals surface area (Å²) in [7, 11) is 3.46. The van der Waals surface area contributed by atoms with E-state index in [1.165, 1.54) is 39.8 Å². The van der Waals surface area contributed by atoms with Crippen LogP contribution in [0, 0.1) is 0 Å². The maximum absolute atomic E-state index is 5.67. The summed E-state index contributed by atoms with van der Waals surface area (Å²) in [6.07, 6.45) is 4.89. The third-order valence-corrected chi connectivity index (χ3v) is 5.46. The first kappa shape index (κ1) is 16.8. The summed E-state index contributed by atoms with van der Waals surface area (Å²) in [6.45, 7) is 2.24. The van der Waals surface area contributed by atoms with Gasteiger partial charge in [-0.25, -0.2) is 0 Å². The topological polar surface area (TPSA) is 18.5 Å². The second-order valence-electron chi connectivity index (χ2n) is 6.01. The maximum Gasteiger partial charge on any atom is 0.127 e. The average Bonchev–Trinajstić information content (AvgIpc) is 3.04. The zero-order valence-electron chi connectivity index (χ0n) is 14.6. The van der Waals surface area contributed by atoms with Gasteiger partial charge in [0, 0.05) is 15.1 Å². The van der Waals surface area contributed by atoms with Crippen molar-refractivity contribution in [3.05, 3.63) is 48.0 Å². The second kappa shape index (κ2) is 7.71. The highest BCUT2D eigenvalue weighted by Crippen LogP contribution is 2.39. The Morgan fingerprint density at radius 2 is 1.79 bits per heavy atom. The Bertz CT molecular complexity index is 820. The molecule has 0 bridgehead atoms. The molecule has 0 aliphatic rings. The maximum atomic E-state index is 5.67. The van der Waals surface area contributed by atoms with E-state index < -0.39 is 0 Å². The van der Waals surface area contributed by atoms with Crippen LogP contribution in [-0.2, 0) is 6.42 Å². The molecule has 0 N–H and O–H groups in total. The van der Waals surface area contributed by atoms with E-state index >= 15 is 0 Å². The zero-order valence-corrected chi connectivity index (χ0v) is 15.4. The van der Waals surface area contributed by atoms with Gasteiger partial charge in [-0.2, -0.15) is 0 Å². The molecular weight excluding hydrogens is 316 g/mol. The van der Waals surface area contributed by atoms with Crippen molar-refractivity contribution < 1.29 is 9.47 Å². The fourth-order valence-electron chi connectivity index (χ4n) is 2.95. The monoisotopic (exact) mass is 340 g/mol. The lowest BCUT2D eigenvalue weighted by molar-refractivity contribution is 0.415. The van der Waals surface area contributed by atoms with Crippen molar-refractivity contribution in [3.63, 3.8) is 0 Å². The molecule has 3 heteroatoms. The van der Waals surface area contributed by atoms with Gasteiger partial charge >= 0.3 is 0 Å². The summed E-state index contributed by atoms with van der Waals surface area (Å²) < 4.78 is 12.2. The number of hydrogen-bond donors (Lipinski definition) is 0. The quantitative estimate of drug-likeness (QED) is 0.469. The van der Waals surface area contributed by atoms with E-state index in [1.807, 2.05) is 6.07 Å². The number of hydrogen-bond acceptors (Lipinski definition) is 3. The van der Waals surface area contributed by atoms with Crippen molar-refractivity contribution in [1.29, 1.82) is 0 Å². The van der Waals surface area contributed by atoms with E-state index in [4.69, 9.17) is 9.47 Å². The Morgan fingerprint density at radius 1 is 0.917 bits per heavy atom. The van der Waals surface area contributed by atoms with Gasteiger partial charge in [0.2, 0.25) is 0 Å². The van der Waals surface area contributed by atoms with E-state index in [0.29, 0.717) is 0 Å². The molecule has 0 unspecified atom stereocenters. The molecule has 2 nitrogen and oxygen atoms in total. The SMILES string of the molecule is CCCCCc1ccc(-c2cc3ccc(OC)cc3s2)c(OC)c1. The molecule has 0 radical (unpaired) electrons. The van der Waals surface area contributed by atoms with E-state index in [1.54, 1.807) is 25.6 Å². The predicted molar refractivity (Wildman–Crippen MR) is 104 cm³/mol. The second-order valence-corrected chi connectivity index (χ2v) is 7.09. The van der Waals surface area contributed by atoms with E-state index in [0.717, 1.165) is 23.5 Å². The molecular formula is C21H24O2S. The highest BCUT2D eigenvalue weighted by molar-refractivity contribution is 7.22. The Kier molecular flexibility index (Phi) is 5.41. The third kappa shape index (κ3) is 3.57. The standard InChI is InChI=1S/C21H24O2S/c1-4-5-6-7-15-8-11-18(19(12-15)23-3)21-13-16-9-10-17(22-2)14-20(16)24-21/h8-14H,4-7H2,1-3H3. The van der Waals surface area contributed by atoms with Crippen molar-refractivity contribution in [1.82, 2.24) is 0 Å². The van der Waals surface area contributed by atoms with Crippen LogP contribution in [0.4, 0.5) is 0 Å². The van der Waals surface area contributed by atoms with E-state index in [2.05, 4.69) is 43.3 Å². The Labute approximate surface area is 148 Å². The van der Waals surface area contributed by atoms with Crippen molar-refractivity contribution >= 4 is 21.4 Å². The summed E-state index contributed by atoms with van der Waals surface area (Å²) in [5, 5.41) is 1.24. The molecule has 0 saturated carbocycles. The van der Waals surface area contributed by atoms with Crippen molar-refractivity contribution in [2.24, 2.45) is 0 Å². The van der Waals surface area contributed by atoms with Gasteiger partial charge in [0.1, 0.15) is 11.5 Å². The largest absolute Gasteiger partial charge is 0.497 e. The summed E-state index contributed by atoms with van der Waals surface area (Å²) in [6, 6.07) is 15.1. The van der Waals surface area contributed by atoms with Crippen LogP contribution in [0.15, 0.2) is 42.5 Å². The first-order valence-electron chi connectivity index (χ1n) is 8.50. The Morgan fingerprint density at radius 3 is 2.54 bits per heavy atom. The van der Waals surface area contributed by atoms with Gasteiger partial charge in [-0.1, -0.05) is 25.8 Å². The molecule has 0 atom stereocenters. The minimum atomic E-state index is 0.897. The van der Waals surface area contributed by atoms with Gasteiger partial charge in [0.15, 0.2) is 0 Å². The van der Waals surface area contributed by atoms with Crippen LogP contribution in [0.3, 0.4) is 0 Å². The molecule has 1 heterocycles. The minimum absolute atomic E-state index is 0.897. The normalized spacial score (nSPS) is 11.0. The van der Waals surface area contributed by atoms with Gasteiger partial charge in [0.25, 0.3) is 0 Å². The van der Waals surface area contributed by atoms with Gasteiger partial charge in [-0.05, 0) is 60.2 Å². The Hall–Kier alpha value is -2.00. The average molecular weight is 340 g/mol. The highest BCUT2D eigenvalue weighted by Gasteiger charge is 2.11. The summed E-state index contributed by atoms with van der Waals surface area (Å²) in [5.41, 5.74) is 2.52. The Balaban J connectivity index is 1.93. The molecule has 126 valence electrons. The lowest BCUT2D eigenvalue weighted by Crippen LogP contribution is -1.91. The first-order valence-corrected chi connectivity index (χ1v) is 9.31. The van der Waals surface area contributed by atoms with Crippen LogP contribution in [0.2, 0.25) is 0 Å². The molecule has 2 aromatic carbocycles. The fourth-order valence-corrected chi connectivity index (χ4v) is 4.07. The van der Waals surface area contributed by atoms with Gasteiger partial charge in [0.05, 0.1) is 14.2 Å². The summed E-state index contributed by atoms with van der Waals surface area (Å²) >= 11 is 1.78. The van der Waals surface area contributed by atoms with E-state index in [9.17, 15) is 0 Å². The summed E-state index contributed by atoms with van der Waals surface area (Å²) in [5.74, 6) is 1.86. The lowest BCUT2D eigenvalue weighted by atomic mass is 10.0. The van der Waals surface area contributed by atoms with E-state index in [-0.39, 0.29) is 0 Å². The molecule has 24 heavy (non-hydrogen) atoms. The van der Waals surface area contributed by atoms with Crippen LogP contribution in [0.25, 0.3) is 20.5 Å². The van der Waals surface area contributed by atoms with Crippen molar-refractivity contribution in [2.45, 2.75) is 32.6 Å². The van der Waals surface area contributed by atoms with Crippen molar-refractivity contribution in [2.75, 3.05) is 14.2 Å². The van der Waals surface area contributed by atoms with Crippen LogP contribution in [-0.4, -0.2) is 14.2 Å². The molecule has 3 rings (SSSR count). The van der Waals surface area contributed by atoms with Crippen molar-refractivity contribution in [3.8, 4) is 21.9 Å². The lowest BCUT2D eigenvalue weighted by Gasteiger charge is -2.09. The smallest absolute Gasteiger partial charge is 0.127 e. The molecule has 0 saturated heterocycles. The molecule has 0 aliphatic carbocycles. The summed E-state index contributed by atoms with van der Waals surface area (Å²) in [4.78, 5) is 1.23. The fraction of sp³-hybridized carbons (Fsp3) is 0.333. The number of fused-ring (bicyclic) bond motifs is 1. The number of methoxy groups -OCH3 is 2. The minimum Gasteiger partial charge on any atom is -0.497 e. The van der Waals surface area contributed by atoms with Gasteiger partial charge < -0.3 is 9.47 Å². The van der Waals surface area contributed by atoms with Gasteiger partial charge in [-0.3, -0.25) is 0 Å². The van der Waals surface area contributed by atoms with Crippen LogP contribution >= 0.6 is 11.3 Å². The number of aryl methyl sites for hydroxylation is 1. The molecule has 0 spiro atoms. The van der Waals surface area contributed by atoms with Gasteiger partial charge in [-0.15, -0.1) is 11.3 Å².